The van der Waals surface area contributed by atoms with E-state index >= 15 is 0 Å². The van der Waals surface area contributed by atoms with Gasteiger partial charge < -0.3 is 0 Å². The molecule has 4 aromatic carbocycles. The van der Waals surface area contributed by atoms with Crippen molar-refractivity contribution in [2.45, 2.75) is 12.8 Å². The maximum Gasteiger partial charge on any atom is 0.0474 e. The lowest BCUT2D eigenvalue weighted by atomic mass is 9.88. The first-order chi connectivity index (χ1) is 11.3. The van der Waals surface area contributed by atoms with Crippen LogP contribution in [0.25, 0.3) is 32.7 Å². The molecule has 0 spiro atoms. The fourth-order valence-corrected chi connectivity index (χ4v) is 3.64. The van der Waals surface area contributed by atoms with E-state index in [0.717, 1.165) is 5.56 Å². The van der Waals surface area contributed by atoms with Gasteiger partial charge in [-0.15, -0.1) is 11.6 Å². The van der Waals surface area contributed by atoms with Gasteiger partial charge in [-0.3, -0.25) is 0 Å². The van der Waals surface area contributed by atoms with Gasteiger partial charge in [0.1, 0.15) is 0 Å². The van der Waals surface area contributed by atoms with Gasteiger partial charge in [0.05, 0.1) is 0 Å². The Kier molecular flexibility index (Phi) is 3.55. The third-order valence-electron chi connectivity index (χ3n) is 4.57. The predicted octanol–water partition coefficient (Wildman–Crippen LogP) is 6.71. The van der Waals surface area contributed by atoms with Crippen LogP contribution in [0, 0.1) is 6.92 Å². The van der Waals surface area contributed by atoms with Crippen molar-refractivity contribution in [1.82, 2.24) is 0 Å². The minimum absolute atomic E-state index is 0.540. The molecular weight excluding hydrogens is 300 g/mol. The third kappa shape index (κ3) is 2.31. The molecule has 0 aliphatic rings. The first kappa shape index (κ1) is 14.3. The average molecular weight is 317 g/mol. The molecule has 4 rings (SSSR count). The number of aryl methyl sites for hydroxylation is 1. The second kappa shape index (κ2) is 5.72. The van der Waals surface area contributed by atoms with Crippen molar-refractivity contribution in [3.05, 3.63) is 83.9 Å². The van der Waals surface area contributed by atoms with E-state index in [4.69, 9.17) is 11.6 Å². The molecular formula is C22H17Cl. The molecule has 0 fully saturated rings. The number of hydrogen-bond acceptors (Lipinski definition) is 0. The molecule has 0 aromatic heterocycles. The van der Waals surface area contributed by atoms with Crippen molar-refractivity contribution in [3.63, 3.8) is 0 Å². The third-order valence-corrected chi connectivity index (χ3v) is 4.87. The van der Waals surface area contributed by atoms with Crippen LogP contribution < -0.4 is 0 Å². The summed E-state index contributed by atoms with van der Waals surface area (Å²) >= 11 is 6.07. The van der Waals surface area contributed by atoms with Crippen molar-refractivity contribution in [2.75, 3.05) is 0 Å². The Balaban J connectivity index is 2.22. The van der Waals surface area contributed by atoms with Gasteiger partial charge >= 0.3 is 0 Å². The largest absolute Gasteiger partial charge is 0.122 e. The van der Waals surface area contributed by atoms with Crippen LogP contribution in [0.15, 0.2) is 72.8 Å². The van der Waals surface area contributed by atoms with Crippen LogP contribution in [0.4, 0.5) is 0 Å². The summed E-state index contributed by atoms with van der Waals surface area (Å²) < 4.78 is 0. The van der Waals surface area contributed by atoms with E-state index < -0.39 is 0 Å². The summed E-state index contributed by atoms with van der Waals surface area (Å²) in [7, 11) is 0. The Morgan fingerprint density at radius 2 is 1.39 bits per heavy atom. The molecule has 0 radical (unpaired) electrons. The van der Waals surface area contributed by atoms with Crippen molar-refractivity contribution in [1.29, 1.82) is 0 Å². The van der Waals surface area contributed by atoms with Gasteiger partial charge in [0.2, 0.25) is 0 Å². The number of halogens is 1. The molecule has 0 atom stereocenters. The van der Waals surface area contributed by atoms with Crippen LogP contribution in [0.3, 0.4) is 0 Å². The molecule has 4 aromatic rings. The number of hydrogen-bond donors (Lipinski definition) is 0. The minimum Gasteiger partial charge on any atom is -0.122 e. The number of fused-ring (bicyclic) bond motifs is 3. The summed E-state index contributed by atoms with van der Waals surface area (Å²) in [5.41, 5.74) is 5.07. The Labute approximate surface area is 141 Å². The molecule has 0 unspecified atom stereocenters. The Morgan fingerprint density at radius 3 is 2.13 bits per heavy atom. The molecule has 23 heavy (non-hydrogen) atoms. The van der Waals surface area contributed by atoms with Crippen molar-refractivity contribution >= 4 is 33.1 Å². The van der Waals surface area contributed by atoms with Gasteiger partial charge in [-0.1, -0.05) is 66.7 Å². The molecule has 1 heteroatoms. The van der Waals surface area contributed by atoms with E-state index in [1.165, 1.54) is 38.2 Å². The molecule has 0 saturated heterocycles. The van der Waals surface area contributed by atoms with Gasteiger partial charge in [0, 0.05) is 5.88 Å². The average Bonchev–Trinajstić information content (AvgIpc) is 2.63. The number of rotatable bonds is 2. The summed E-state index contributed by atoms with van der Waals surface area (Å²) in [4.78, 5) is 0. The number of alkyl halides is 1. The van der Waals surface area contributed by atoms with Crippen molar-refractivity contribution in [2.24, 2.45) is 0 Å². The van der Waals surface area contributed by atoms with Crippen LogP contribution in [0.2, 0.25) is 0 Å². The van der Waals surface area contributed by atoms with Gasteiger partial charge in [-0.05, 0) is 56.8 Å². The molecule has 0 N–H and O–H groups in total. The van der Waals surface area contributed by atoms with E-state index in [-0.39, 0.29) is 0 Å². The highest BCUT2D eigenvalue weighted by Gasteiger charge is 2.13. The lowest BCUT2D eigenvalue weighted by Gasteiger charge is -2.16. The first-order valence-corrected chi connectivity index (χ1v) is 8.38. The smallest absolute Gasteiger partial charge is 0.0474 e. The van der Waals surface area contributed by atoms with Gasteiger partial charge in [0.15, 0.2) is 0 Å². The lowest BCUT2D eigenvalue weighted by Crippen LogP contribution is -1.91. The van der Waals surface area contributed by atoms with Crippen LogP contribution in [-0.2, 0) is 5.88 Å². The molecule has 0 aliphatic heterocycles. The van der Waals surface area contributed by atoms with Gasteiger partial charge in [-0.25, -0.2) is 0 Å². The topological polar surface area (TPSA) is 0 Å². The SMILES string of the molecule is Cc1c(-c2ccccc2)c2ccc(CCl)cc2c2ccccc12. The highest BCUT2D eigenvalue weighted by Crippen LogP contribution is 2.38. The molecule has 0 amide bonds. The Morgan fingerprint density at radius 1 is 0.696 bits per heavy atom. The molecule has 0 bridgehead atoms. The fourth-order valence-electron chi connectivity index (χ4n) is 3.47. The van der Waals surface area contributed by atoms with E-state index in [9.17, 15) is 0 Å². The monoisotopic (exact) mass is 316 g/mol. The van der Waals surface area contributed by atoms with Crippen LogP contribution in [-0.4, -0.2) is 0 Å². The maximum atomic E-state index is 6.07. The first-order valence-electron chi connectivity index (χ1n) is 7.85. The summed E-state index contributed by atoms with van der Waals surface area (Å²) in [6, 6.07) is 25.9. The normalized spacial score (nSPS) is 11.2. The van der Waals surface area contributed by atoms with Crippen LogP contribution in [0.5, 0.6) is 0 Å². The minimum atomic E-state index is 0.540. The fraction of sp³-hybridized carbons (Fsp3) is 0.0909. The van der Waals surface area contributed by atoms with Crippen LogP contribution >= 0.6 is 11.6 Å². The molecule has 0 heterocycles. The summed E-state index contributed by atoms with van der Waals surface area (Å²) in [5.74, 6) is 0.540. The lowest BCUT2D eigenvalue weighted by molar-refractivity contribution is 1.43. The Hall–Kier alpha value is -2.31. The number of benzene rings is 4. The standard InChI is InChI=1S/C22H17Cl/c1-15-18-9-5-6-10-19(18)21-13-16(14-23)11-12-20(21)22(15)17-7-3-2-4-8-17/h2-13H,14H2,1H3. The van der Waals surface area contributed by atoms with Crippen molar-refractivity contribution < 1.29 is 0 Å². The zero-order chi connectivity index (χ0) is 15.8. The summed E-state index contributed by atoms with van der Waals surface area (Å²) in [6.07, 6.45) is 0. The second-order valence-corrected chi connectivity index (χ2v) is 6.19. The maximum absolute atomic E-state index is 6.07. The highest BCUT2D eigenvalue weighted by atomic mass is 35.5. The second-order valence-electron chi connectivity index (χ2n) is 5.93. The molecule has 112 valence electrons. The summed E-state index contributed by atoms with van der Waals surface area (Å²) in [6.45, 7) is 2.22. The molecule has 0 aliphatic carbocycles. The van der Waals surface area contributed by atoms with Crippen LogP contribution in [0.1, 0.15) is 11.1 Å². The highest BCUT2D eigenvalue weighted by molar-refractivity contribution is 6.18. The zero-order valence-corrected chi connectivity index (χ0v) is 13.8. The van der Waals surface area contributed by atoms with Gasteiger partial charge in [-0.2, -0.15) is 0 Å². The van der Waals surface area contributed by atoms with Crippen molar-refractivity contribution in [3.8, 4) is 11.1 Å². The van der Waals surface area contributed by atoms with Gasteiger partial charge in [0.25, 0.3) is 0 Å². The molecule has 0 saturated carbocycles. The quantitative estimate of drug-likeness (QED) is 0.285. The predicted molar refractivity (Wildman–Crippen MR) is 101 cm³/mol. The van der Waals surface area contributed by atoms with E-state index in [0.29, 0.717) is 5.88 Å². The zero-order valence-electron chi connectivity index (χ0n) is 13.0. The van der Waals surface area contributed by atoms with E-state index in [2.05, 4.69) is 79.7 Å². The summed E-state index contributed by atoms with van der Waals surface area (Å²) in [5, 5.41) is 5.18. The van der Waals surface area contributed by atoms with E-state index in [1.54, 1.807) is 0 Å². The van der Waals surface area contributed by atoms with E-state index in [1.807, 2.05) is 0 Å². The molecule has 0 nitrogen and oxygen atoms in total. The Bertz CT molecular complexity index is 1000.